The van der Waals surface area contributed by atoms with Gasteiger partial charge in [0.25, 0.3) is 0 Å². The Hall–Kier alpha value is -0.640. The number of hydrogen-bond acceptors (Lipinski definition) is 6. The fourth-order valence-electron chi connectivity index (χ4n) is 1.77. The van der Waals surface area contributed by atoms with Crippen LogP contribution in [-0.2, 0) is 0 Å². The van der Waals surface area contributed by atoms with Gasteiger partial charge in [-0.25, -0.2) is 4.98 Å². The highest BCUT2D eigenvalue weighted by Gasteiger charge is 2.25. The van der Waals surface area contributed by atoms with Gasteiger partial charge in [0.1, 0.15) is 11.4 Å². The number of nitrogens with one attached hydrogen (secondary N) is 1. The Morgan fingerprint density at radius 2 is 2.28 bits per heavy atom. The zero-order valence-electron chi connectivity index (χ0n) is 11.2. The van der Waals surface area contributed by atoms with Crippen LogP contribution < -0.4 is 5.32 Å². The summed E-state index contributed by atoms with van der Waals surface area (Å²) in [6.07, 6.45) is 2.75. The van der Waals surface area contributed by atoms with Crippen molar-refractivity contribution in [1.82, 2.24) is 14.7 Å². The van der Waals surface area contributed by atoms with Gasteiger partial charge in [-0.2, -0.15) is 9.64 Å². The van der Waals surface area contributed by atoms with Crippen LogP contribution in [0.15, 0.2) is 4.34 Å². The van der Waals surface area contributed by atoms with Gasteiger partial charge in [-0.15, -0.1) is 0 Å². The molecular weight excluding hydrogens is 264 g/mol. The molecule has 1 aromatic rings. The highest BCUT2D eigenvalue weighted by atomic mass is 32.2. The first kappa shape index (κ1) is 15.4. The summed E-state index contributed by atoms with van der Waals surface area (Å²) in [7, 11) is 0. The summed E-state index contributed by atoms with van der Waals surface area (Å²) in [5, 5.41) is 12.6. The number of thioether (sulfide) groups is 1. The van der Waals surface area contributed by atoms with E-state index in [-0.39, 0.29) is 5.54 Å². The van der Waals surface area contributed by atoms with Crippen molar-refractivity contribution >= 4 is 23.3 Å². The molecule has 0 bridgehead atoms. The standard InChI is InChI=1S/C12H20N4S2/c1-4-12(9-13,14-5-2)7-6-8-17-11-15-10(3)16-18-11/h14H,4-8H2,1-3H3. The fourth-order valence-corrected chi connectivity index (χ4v) is 3.43. The molecule has 4 nitrogen and oxygen atoms in total. The molecule has 0 aliphatic carbocycles. The average Bonchev–Trinajstić information content (AvgIpc) is 2.79. The molecule has 18 heavy (non-hydrogen) atoms. The highest BCUT2D eigenvalue weighted by molar-refractivity contribution is 8.00. The molecule has 1 unspecified atom stereocenters. The van der Waals surface area contributed by atoms with Gasteiger partial charge >= 0.3 is 0 Å². The Morgan fingerprint density at radius 3 is 2.78 bits per heavy atom. The fraction of sp³-hybridized carbons (Fsp3) is 0.750. The molecule has 0 aliphatic rings. The van der Waals surface area contributed by atoms with Crippen molar-refractivity contribution in [3.63, 3.8) is 0 Å². The molecule has 100 valence electrons. The lowest BCUT2D eigenvalue weighted by atomic mass is 9.92. The Kier molecular flexibility index (Phi) is 6.61. The Labute approximate surface area is 117 Å². The molecule has 0 saturated carbocycles. The van der Waals surface area contributed by atoms with Crippen LogP contribution in [-0.4, -0.2) is 27.2 Å². The van der Waals surface area contributed by atoms with Crippen LogP contribution in [0.1, 0.15) is 38.9 Å². The van der Waals surface area contributed by atoms with Crippen LogP contribution in [0.25, 0.3) is 0 Å². The smallest absolute Gasteiger partial charge is 0.170 e. The Bertz CT molecular complexity index is 399. The number of nitriles is 1. The SMILES string of the molecule is CCNC(C#N)(CC)CCCSc1nc(C)ns1. The number of hydrogen-bond donors (Lipinski definition) is 1. The van der Waals surface area contributed by atoms with Crippen molar-refractivity contribution in [1.29, 1.82) is 5.26 Å². The van der Waals surface area contributed by atoms with Gasteiger partial charge in [0.05, 0.1) is 6.07 Å². The molecular formula is C12H20N4S2. The van der Waals surface area contributed by atoms with Crippen molar-refractivity contribution in [2.75, 3.05) is 12.3 Å². The van der Waals surface area contributed by atoms with Gasteiger partial charge in [-0.3, -0.25) is 5.32 Å². The van der Waals surface area contributed by atoms with Crippen LogP contribution in [0.4, 0.5) is 0 Å². The van der Waals surface area contributed by atoms with Crippen molar-refractivity contribution < 1.29 is 0 Å². The van der Waals surface area contributed by atoms with Gasteiger partial charge in [0.15, 0.2) is 4.34 Å². The van der Waals surface area contributed by atoms with E-state index in [1.807, 2.05) is 13.8 Å². The second-order valence-corrected chi connectivity index (χ2v) is 6.23. The maximum atomic E-state index is 9.29. The summed E-state index contributed by atoms with van der Waals surface area (Å²) < 4.78 is 5.17. The second-order valence-electron chi connectivity index (χ2n) is 4.14. The lowest BCUT2D eigenvalue weighted by Gasteiger charge is -2.25. The molecule has 0 aliphatic heterocycles. The van der Waals surface area contributed by atoms with Crippen molar-refractivity contribution in [3.8, 4) is 6.07 Å². The zero-order chi connectivity index (χ0) is 13.4. The topological polar surface area (TPSA) is 61.6 Å². The second kappa shape index (κ2) is 7.72. The number of rotatable bonds is 8. The maximum Gasteiger partial charge on any atom is 0.170 e. The quantitative estimate of drug-likeness (QED) is 0.587. The molecule has 1 rings (SSSR count). The molecule has 0 amide bonds. The van der Waals surface area contributed by atoms with E-state index in [1.165, 1.54) is 11.5 Å². The van der Waals surface area contributed by atoms with E-state index >= 15 is 0 Å². The first-order valence-corrected chi connectivity index (χ1v) is 8.01. The van der Waals surface area contributed by atoms with E-state index in [9.17, 15) is 5.26 Å². The highest BCUT2D eigenvalue weighted by Crippen LogP contribution is 2.23. The molecule has 1 heterocycles. The third-order valence-corrected chi connectivity index (χ3v) is 4.83. The van der Waals surface area contributed by atoms with Gasteiger partial charge in [-0.05, 0) is 44.3 Å². The van der Waals surface area contributed by atoms with Crippen molar-refractivity contribution in [2.45, 2.75) is 49.9 Å². The molecule has 0 fully saturated rings. The van der Waals surface area contributed by atoms with E-state index in [1.54, 1.807) is 11.8 Å². The van der Waals surface area contributed by atoms with E-state index in [0.29, 0.717) is 0 Å². The van der Waals surface area contributed by atoms with Gasteiger partial charge in [-0.1, -0.05) is 25.6 Å². The molecule has 1 aromatic heterocycles. The van der Waals surface area contributed by atoms with Crippen molar-refractivity contribution in [2.24, 2.45) is 0 Å². The molecule has 0 radical (unpaired) electrons. The van der Waals surface area contributed by atoms with Crippen LogP contribution in [0.5, 0.6) is 0 Å². The third kappa shape index (κ3) is 4.56. The Balaban J connectivity index is 2.33. The minimum Gasteiger partial charge on any atom is -0.300 e. The van der Waals surface area contributed by atoms with E-state index in [2.05, 4.69) is 27.7 Å². The predicted octanol–water partition coefficient (Wildman–Crippen LogP) is 3.00. The van der Waals surface area contributed by atoms with Crippen LogP contribution in [0.2, 0.25) is 0 Å². The van der Waals surface area contributed by atoms with Gasteiger partial charge in [0.2, 0.25) is 0 Å². The van der Waals surface area contributed by atoms with E-state index in [0.717, 1.165) is 41.7 Å². The summed E-state index contributed by atoms with van der Waals surface area (Å²) >= 11 is 3.18. The molecule has 1 atom stereocenters. The molecule has 0 aromatic carbocycles. The van der Waals surface area contributed by atoms with Gasteiger partial charge in [0, 0.05) is 5.75 Å². The first-order valence-electron chi connectivity index (χ1n) is 6.25. The summed E-state index contributed by atoms with van der Waals surface area (Å²) in [5.74, 6) is 1.83. The minimum absolute atomic E-state index is 0.355. The largest absolute Gasteiger partial charge is 0.300 e. The Morgan fingerprint density at radius 1 is 1.50 bits per heavy atom. The summed E-state index contributed by atoms with van der Waals surface area (Å²) in [6, 6.07) is 2.42. The summed E-state index contributed by atoms with van der Waals surface area (Å²) in [5.41, 5.74) is -0.355. The lowest BCUT2D eigenvalue weighted by molar-refractivity contribution is 0.379. The first-order chi connectivity index (χ1) is 8.65. The number of nitrogens with zero attached hydrogens (tertiary/aromatic N) is 3. The van der Waals surface area contributed by atoms with E-state index in [4.69, 9.17) is 0 Å². The van der Waals surface area contributed by atoms with Crippen molar-refractivity contribution in [3.05, 3.63) is 5.82 Å². The summed E-state index contributed by atoms with van der Waals surface area (Å²) in [4.78, 5) is 4.31. The number of aryl methyl sites for hydroxylation is 1. The average molecular weight is 284 g/mol. The van der Waals surface area contributed by atoms with E-state index < -0.39 is 0 Å². The predicted molar refractivity (Wildman–Crippen MR) is 76.9 cm³/mol. The third-order valence-electron chi connectivity index (χ3n) is 2.82. The van der Waals surface area contributed by atoms with Crippen LogP contribution in [0.3, 0.4) is 0 Å². The van der Waals surface area contributed by atoms with Gasteiger partial charge < -0.3 is 0 Å². The van der Waals surface area contributed by atoms with Crippen LogP contribution >= 0.6 is 23.3 Å². The molecule has 0 spiro atoms. The zero-order valence-corrected chi connectivity index (χ0v) is 12.8. The molecule has 1 N–H and O–H groups in total. The monoisotopic (exact) mass is 284 g/mol. The maximum absolute atomic E-state index is 9.29. The number of aromatic nitrogens is 2. The molecule has 0 saturated heterocycles. The van der Waals surface area contributed by atoms with Crippen LogP contribution in [0, 0.1) is 18.3 Å². The minimum atomic E-state index is -0.355. The molecule has 6 heteroatoms. The normalized spacial score (nSPS) is 14.1. The lowest BCUT2D eigenvalue weighted by Crippen LogP contribution is -2.43. The summed E-state index contributed by atoms with van der Waals surface area (Å²) in [6.45, 7) is 6.85.